The fourth-order valence-electron chi connectivity index (χ4n) is 2.45. The van der Waals surface area contributed by atoms with E-state index in [4.69, 9.17) is 4.74 Å². The van der Waals surface area contributed by atoms with E-state index in [-0.39, 0.29) is 12.0 Å². The molecule has 1 N–H and O–H groups in total. The van der Waals surface area contributed by atoms with Gasteiger partial charge in [-0.2, -0.15) is 0 Å². The van der Waals surface area contributed by atoms with Crippen LogP contribution in [-0.2, 0) is 20.3 Å². The summed E-state index contributed by atoms with van der Waals surface area (Å²) in [5.41, 5.74) is 3.45. The summed E-state index contributed by atoms with van der Waals surface area (Å²) in [7, 11) is 0.355. The van der Waals surface area contributed by atoms with Crippen LogP contribution in [0.4, 0.5) is 0 Å². The number of ether oxygens (including phenoxy) is 1. The minimum Gasteiger partial charge on any atom is -0.468 e. The Morgan fingerprint density at radius 3 is 2.74 bits per heavy atom. The summed E-state index contributed by atoms with van der Waals surface area (Å²) in [5.74, 6) is 0.522. The highest BCUT2D eigenvalue weighted by Gasteiger charge is 2.32. The summed E-state index contributed by atoms with van der Waals surface area (Å²) in [6, 6.07) is 5.64. The van der Waals surface area contributed by atoms with Crippen molar-refractivity contribution in [3.8, 4) is 0 Å². The Bertz CT molecular complexity index is 515. The van der Waals surface area contributed by atoms with Gasteiger partial charge in [-0.15, -0.1) is 0 Å². The fourth-order valence-corrected chi connectivity index (χ4v) is 3.84. The highest BCUT2D eigenvalue weighted by Crippen LogP contribution is 2.23. The zero-order valence-corrected chi connectivity index (χ0v) is 12.3. The molecule has 0 saturated carbocycles. The van der Waals surface area contributed by atoms with Gasteiger partial charge in [-0.1, -0.05) is 23.8 Å². The van der Waals surface area contributed by atoms with Gasteiger partial charge in [0.25, 0.3) is 0 Å². The maximum Gasteiger partial charge on any atom is 0.323 e. The Hall–Kier alpha value is -1.20. The Kier molecular flexibility index (Phi) is 4.37. The third-order valence-electron chi connectivity index (χ3n) is 3.39. The van der Waals surface area contributed by atoms with Gasteiger partial charge in [-0.3, -0.25) is 14.3 Å². The molecule has 0 bridgehead atoms. The Balaban J connectivity index is 2.24. The molecule has 1 aromatic rings. The number of benzene rings is 1. The van der Waals surface area contributed by atoms with Crippen LogP contribution in [-0.4, -0.2) is 34.8 Å². The van der Waals surface area contributed by atoms with Crippen LogP contribution in [0, 0.1) is 13.8 Å². The monoisotopic (exact) mass is 281 g/mol. The first-order valence-corrected chi connectivity index (χ1v) is 7.76. The zero-order chi connectivity index (χ0) is 14.0. The average Bonchev–Trinajstić information content (AvgIpc) is 2.37. The van der Waals surface area contributed by atoms with Crippen molar-refractivity contribution < 1.29 is 13.7 Å². The van der Waals surface area contributed by atoms with Crippen LogP contribution in [0.5, 0.6) is 0 Å². The maximum absolute atomic E-state index is 11.9. The maximum atomic E-state index is 11.9. The first kappa shape index (κ1) is 14.2. The van der Waals surface area contributed by atoms with Crippen molar-refractivity contribution >= 4 is 16.8 Å². The van der Waals surface area contributed by atoms with E-state index >= 15 is 0 Å². The predicted molar refractivity (Wildman–Crippen MR) is 75.5 cm³/mol. The lowest BCUT2D eigenvalue weighted by molar-refractivity contribution is -0.142. The number of nitrogens with one attached hydrogen (secondary N) is 1. The largest absolute Gasteiger partial charge is 0.468 e. The van der Waals surface area contributed by atoms with E-state index in [9.17, 15) is 9.00 Å². The fraction of sp³-hybridized carbons (Fsp3) is 0.500. The van der Waals surface area contributed by atoms with Gasteiger partial charge in [-0.05, 0) is 25.0 Å². The van der Waals surface area contributed by atoms with Gasteiger partial charge in [-0.25, -0.2) is 0 Å². The summed E-state index contributed by atoms with van der Waals surface area (Å²) in [6.07, 6.45) is 0. The van der Waals surface area contributed by atoms with Crippen LogP contribution < -0.4 is 5.32 Å². The number of hydrogen-bond acceptors (Lipinski definition) is 4. The molecule has 104 valence electrons. The Morgan fingerprint density at radius 1 is 1.37 bits per heavy atom. The van der Waals surface area contributed by atoms with Gasteiger partial charge in [0.1, 0.15) is 6.04 Å². The van der Waals surface area contributed by atoms with E-state index < -0.39 is 16.8 Å². The summed E-state index contributed by atoms with van der Waals surface area (Å²) in [4.78, 5) is 11.6. The number of carbonyl (C=O) groups is 1. The van der Waals surface area contributed by atoms with Gasteiger partial charge < -0.3 is 4.74 Å². The predicted octanol–water partition coefficient (Wildman–Crippen LogP) is 1.24. The molecule has 0 radical (unpaired) electrons. The van der Waals surface area contributed by atoms with Crippen LogP contribution in [0.15, 0.2) is 18.2 Å². The standard InChI is InChI=1S/C14H19NO3S/c1-9-4-5-11(10(2)6-9)12-7-19(17)8-13(15-12)14(16)18-3/h4-6,12-13,15H,7-8H2,1-3H3. The van der Waals surface area contributed by atoms with Crippen LogP contribution in [0.25, 0.3) is 0 Å². The topological polar surface area (TPSA) is 55.4 Å². The van der Waals surface area contributed by atoms with Crippen molar-refractivity contribution in [2.75, 3.05) is 18.6 Å². The molecule has 0 amide bonds. The number of carbonyl (C=O) groups excluding carboxylic acids is 1. The third-order valence-corrected chi connectivity index (χ3v) is 4.80. The molecule has 1 aliphatic rings. The molecule has 4 nitrogen and oxygen atoms in total. The first-order chi connectivity index (χ1) is 9.01. The van der Waals surface area contributed by atoms with E-state index in [1.807, 2.05) is 26.0 Å². The van der Waals surface area contributed by atoms with Gasteiger partial charge in [0, 0.05) is 28.3 Å². The zero-order valence-electron chi connectivity index (χ0n) is 11.4. The first-order valence-electron chi connectivity index (χ1n) is 6.27. The molecule has 1 aliphatic heterocycles. The van der Waals surface area contributed by atoms with Crippen molar-refractivity contribution in [1.29, 1.82) is 0 Å². The lowest BCUT2D eigenvalue weighted by Gasteiger charge is -2.30. The van der Waals surface area contributed by atoms with Crippen molar-refractivity contribution in [1.82, 2.24) is 5.32 Å². The second-order valence-corrected chi connectivity index (χ2v) is 6.47. The van der Waals surface area contributed by atoms with E-state index in [2.05, 4.69) is 11.4 Å². The van der Waals surface area contributed by atoms with Crippen LogP contribution in [0.1, 0.15) is 22.7 Å². The molecule has 0 aromatic heterocycles. The summed E-state index contributed by atoms with van der Waals surface area (Å²) in [6.45, 7) is 4.08. The number of hydrogen-bond donors (Lipinski definition) is 1. The van der Waals surface area contributed by atoms with Crippen molar-refractivity contribution in [3.05, 3.63) is 34.9 Å². The van der Waals surface area contributed by atoms with Gasteiger partial charge in [0.2, 0.25) is 0 Å². The normalized spacial score (nSPS) is 27.0. The smallest absolute Gasteiger partial charge is 0.323 e. The summed E-state index contributed by atoms with van der Waals surface area (Å²) >= 11 is 0. The van der Waals surface area contributed by atoms with Crippen LogP contribution in [0.2, 0.25) is 0 Å². The van der Waals surface area contributed by atoms with Crippen molar-refractivity contribution in [2.24, 2.45) is 0 Å². The quantitative estimate of drug-likeness (QED) is 0.829. The molecule has 0 aliphatic carbocycles. The second-order valence-electron chi connectivity index (χ2n) is 4.93. The minimum absolute atomic E-state index is 0.0562. The minimum atomic E-state index is -1.000. The lowest BCUT2D eigenvalue weighted by Crippen LogP contribution is -2.50. The lowest BCUT2D eigenvalue weighted by atomic mass is 9.99. The molecule has 5 heteroatoms. The van der Waals surface area contributed by atoms with Gasteiger partial charge in [0.05, 0.1) is 7.11 Å². The highest BCUT2D eigenvalue weighted by atomic mass is 32.2. The molecule has 3 unspecified atom stereocenters. The molecule has 0 spiro atoms. The number of methoxy groups -OCH3 is 1. The molecular weight excluding hydrogens is 262 g/mol. The van der Waals surface area contributed by atoms with Crippen LogP contribution in [0.3, 0.4) is 0 Å². The molecular formula is C14H19NO3S. The van der Waals surface area contributed by atoms with E-state index in [0.29, 0.717) is 11.5 Å². The van der Waals surface area contributed by atoms with Gasteiger partial charge in [0.15, 0.2) is 0 Å². The number of esters is 1. The molecule has 3 atom stereocenters. The van der Waals surface area contributed by atoms with E-state index in [1.54, 1.807) is 0 Å². The Morgan fingerprint density at radius 2 is 2.11 bits per heavy atom. The van der Waals surface area contributed by atoms with Crippen LogP contribution >= 0.6 is 0 Å². The second kappa shape index (κ2) is 5.84. The molecule has 2 rings (SSSR count). The number of rotatable bonds is 2. The highest BCUT2D eigenvalue weighted by molar-refractivity contribution is 7.85. The molecule has 1 aromatic carbocycles. The summed E-state index contributed by atoms with van der Waals surface area (Å²) in [5, 5.41) is 3.24. The molecule has 1 saturated heterocycles. The molecule has 1 heterocycles. The van der Waals surface area contributed by atoms with E-state index in [1.165, 1.54) is 12.7 Å². The van der Waals surface area contributed by atoms with Crippen molar-refractivity contribution in [2.45, 2.75) is 25.9 Å². The Labute approximate surface area is 116 Å². The third kappa shape index (κ3) is 3.22. The number of aryl methyl sites for hydroxylation is 2. The SMILES string of the molecule is COC(=O)C1CS(=O)CC(c2ccc(C)cc2C)N1. The van der Waals surface area contributed by atoms with Crippen molar-refractivity contribution in [3.63, 3.8) is 0 Å². The summed E-state index contributed by atoms with van der Waals surface area (Å²) < 4.78 is 16.7. The van der Waals surface area contributed by atoms with Gasteiger partial charge >= 0.3 is 5.97 Å². The average molecular weight is 281 g/mol. The molecule has 1 fully saturated rings. The molecule has 19 heavy (non-hydrogen) atoms. The van der Waals surface area contributed by atoms with E-state index in [0.717, 1.165) is 11.1 Å².